The van der Waals surface area contributed by atoms with Crippen molar-refractivity contribution in [3.63, 3.8) is 0 Å². The van der Waals surface area contributed by atoms with Crippen molar-refractivity contribution in [1.82, 2.24) is 9.59 Å². The number of rotatable bonds is 4. The summed E-state index contributed by atoms with van der Waals surface area (Å²) in [6, 6.07) is 3.74. The number of nitrogens with one attached hydrogen (secondary N) is 1. The first kappa shape index (κ1) is 13.9. The number of nitrogens with zero attached hydrogens (tertiary/aromatic N) is 2. The first-order valence-electron chi connectivity index (χ1n) is 4.73. The van der Waals surface area contributed by atoms with Crippen molar-refractivity contribution in [3.8, 4) is 0 Å². The van der Waals surface area contributed by atoms with Crippen LogP contribution in [0.25, 0.3) is 0 Å². The Balaban J connectivity index is 2.41. The molecule has 0 unspecified atom stereocenters. The van der Waals surface area contributed by atoms with Crippen molar-refractivity contribution in [2.45, 2.75) is 4.90 Å². The molecule has 1 heterocycles. The smallest absolute Gasteiger partial charge is 0.336 e. The van der Waals surface area contributed by atoms with Gasteiger partial charge in [-0.2, -0.15) is 0 Å². The quantitative estimate of drug-likeness (QED) is 0.856. The number of hydrogen-bond donors (Lipinski definition) is 2. The van der Waals surface area contributed by atoms with Crippen LogP contribution in [0.5, 0.6) is 0 Å². The van der Waals surface area contributed by atoms with E-state index >= 15 is 0 Å². The molecule has 0 atom stereocenters. The van der Waals surface area contributed by atoms with E-state index in [4.69, 9.17) is 5.11 Å². The van der Waals surface area contributed by atoms with Gasteiger partial charge < -0.3 is 5.11 Å². The SMILES string of the molecule is O=C(O)c1cc(S(=O)(=O)Nc2cnns2)ccc1Br. The Morgan fingerprint density at radius 3 is 2.74 bits per heavy atom. The van der Waals surface area contributed by atoms with Gasteiger partial charge in [-0.05, 0) is 34.1 Å². The largest absolute Gasteiger partial charge is 0.478 e. The Hall–Kier alpha value is -1.52. The molecular formula is C9H6BrN3O4S2. The summed E-state index contributed by atoms with van der Waals surface area (Å²) in [6.45, 7) is 0. The van der Waals surface area contributed by atoms with E-state index in [0.717, 1.165) is 17.6 Å². The maximum Gasteiger partial charge on any atom is 0.336 e. The number of aromatic carboxylic acids is 1. The third-order valence-corrected chi connectivity index (χ3v) is 4.84. The van der Waals surface area contributed by atoms with Crippen LogP contribution < -0.4 is 4.72 Å². The van der Waals surface area contributed by atoms with Crippen molar-refractivity contribution < 1.29 is 18.3 Å². The van der Waals surface area contributed by atoms with Gasteiger partial charge in [-0.15, -0.1) is 5.10 Å². The molecule has 1 aromatic carbocycles. The van der Waals surface area contributed by atoms with Crippen molar-refractivity contribution in [3.05, 3.63) is 34.4 Å². The van der Waals surface area contributed by atoms with Crippen LogP contribution in [0.4, 0.5) is 5.00 Å². The van der Waals surface area contributed by atoms with E-state index in [1.165, 1.54) is 18.3 Å². The average Bonchev–Trinajstić information content (AvgIpc) is 2.80. The highest BCUT2D eigenvalue weighted by Crippen LogP contribution is 2.23. The van der Waals surface area contributed by atoms with E-state index in [1.807, 2.05) is 0 Å². The van der Waals surface area contributed by atoms with Crippen LogP contribution in [0.15, 0.2) is 33.8 Å². The minimum Gasteiger partial charge on any atom is -0.478 e. The number of carbonyl (C=O) groups is 1. The lowest BCUT2D eigenvalue weighted by molar-refractivity contribution is 0.0695. The zero-order valence-electron chi connectivity index (χ0n) is 9.07. The minimum atomic E-state index is -3.86. The van der Waals surface area contributed by atoms with E-state index in [0.29, 0.717) is 4.47 Å². The van der Waals surface area contributed by atoms with E-state index in [-0.39, 0.29) is 15.5 Å². The van der Waals surface area contributed by atoms with Crippen LogP contribution in [-0.4, -0.2) is 29.1 Å². The second-order valence-electron chi connectivity index (χ2n) is 3.33. The maximum absolute atomic E-state index is 12.0. The van der Waals surface area contributed by atoms with Gasteiger partial charge in [-0.25, -0.2) is 13.2 Å². The molecule has 2 aromatic rings. The second-order valence-corrected chi connectivity index (χ2v) is 6.66. The highest BCUT2D eigenvalue weighted by atomic mass is 79.9. The van der Waals surface area contributed by atoms with Gasteiger partial charge in [0.2, 0.25) is 0 Å². The fourth-order valence-electron chi connectivity index (χ4n) is 1.24. The fourth-order valence-corrected chi connectivity index (χ4v) is 3.37. The van der Waals surface area contributed by atoms with Crippen LogP contribution >= 0.6 is 27.5 Å². The first-order chi connectivity index (χ1) is 8.90. The topological polar surface area (TPSA) is 109 Å². The monoisotopic (exact) mass is 363 g/mol. The number of sulfonamides is 1. The summed E-state index contributed by atoms with van der Waals surface area (Å²) in [7, 11) is -3.86. The number of carboxylic acid groups (broad SMARTS) is 1. The summed E-state index contributed by atoms with van der Waals surface area (Å²) in [5.41, 5.74) is -0.134. The molecule has 7 nitrogen and oxygen atoms in total. The van der Waals surface area contributed by atoms with Crippen molar-refractivity contribution >= 4 is 48.5 Å². The molecule has 0 amide bonds. The molecule has 1 aromatic heterocycles. The van der Waals surface area contributed by atoms with Crippen molar-refractivity contribution in [2.75, 3.05) is 4.72 Å². The molecule has 0 saturated carbocycles. The molecular weight excluding hydrogens is 358 g/mol. The molecule has 19 heavy (non-hydrogen) atoms. The van der Waals surface area contributed by atoms with E-state index in [9.17, 15) is 13.2 Å². The van der Waals surface area contributed by atoms with Crippen LogP contribution in [0.1, 0.15) is 10.4 Å². The first-order valence-corrected chi connectivity index (χ1v) is 7.78. The zero-order valence-corrected chi connectivity index (χ0v) is 12.3. The predicted molar refractivity (Wildman–Crippen MR) is 71.8 cm³/mol. The lowest BCUT2D eigenvalue weighted by atomic mass is 10.2. The summed E-state index contributed by atoms with van der Waals surface area (Å²) in [5.74, 6) is -1.22. The Morgan fingerprint density at radius 1 is 1.42 bits per heavy atom. The summed E-state index contributed by atoms with van der Waals surface area (Å²) in [6.07, 6.45) is 1.26. The third-order valence-electron chi connectivity index (χ3n) is 2.07. The number of anilines is 1. The summed E-state index contributed by atoms with van der Waals surface area (Å²) < 4.78 is 30.1. The summed E-state index contributed by atoms with van der Waals surface area (Å²) in [5, 5.41) is 12.7. The number of carboxylic acids is 1. The molecule has 0 fully saturated rings. The number of hydrogen-bond acceptors (Lipinski definition) is 6. The van der Waals surface area contributed by atoms with Crippen LogP contribution in [0.2, 0.25) is 0 Å². The molecule has 2 N–H and O–H groups in total. The standard InChI is InChI=1S/C9H6BrN3O4S2/c10-7-2-1-5(3-6(7)9(14)15)19(16,17)12-8-4-11-13-18-8/h1-4,12H,(H,14,15). The fraction of sp³-hybridized carbons (Fsp3) is 0. The molecule has 10 heteroatoms. The number of halogens is 1. The van der Waals surface area contributed by atoms with Gasteiger partial charge in [-0.3, -0.25) is 4.72 Å². The Morgan fingerprint density at radius 2 is 2.16 bits per heavy atom. The Labute approximate surface area is 120 Å². The predicted octanol–water partition coefficient (Wildman–Crippen LogP) is 1.80. The summed E-state index contributed by atoms with van der Waals surface area (Å²) >= 11 is 3.93. The summed E-state index contributed by atoms with van der Waals surface area (Å²) in [4.78, 5) is 10.8. The maximum atomic E-state index is 12.0. The van der Waals surface area contributed by atoms with Crippen molar-refractivity contribution in [2.24, 2.45) is 0 Å². The molecule has 0 aliphatic rings. The Kier molecular flexibility index (Phi) is 3.83. The molecule has 0 spiro atoms. The lowest BCUT2D eigenvalue weighted by Crippen LogP contribution is -2.13. The van der Waals surface area contributed by atoms with Crippen LogP contribution in [0, 0.1) is 0 Å². The van der Waals surface area contributed by atoms with E-state index in [2.05, 4.69) is 30.2 Å². The van der Waals surface area contributed by atoms with Gasteiger partial charge in [-0.1, -0.05) is 4.49 Å². The molecule has 0 aliphatic carbocycles. The number of benzene rings is 1. The molecule has 100 valence electrons. The molecule has 0 bridgehead atoms. The average molecular weight is 364 g/mol. The van der Waals surface area contributed by atoms with Gasteiger partial charge in [0.15, 0.2) is 0 Å². The van der Waals surface area contributed by atoms with Crippen LogP contribution in [0.3, 0.4) is 0 Å². The molecule has 0 radical (unpaired) electrons. The van der Waals surface area contributed by atoms with Gasteiger partial charge >= 0.3 is 5.97 Å². The minimum absolute atomic E-state index is 0.134. The third kappa shape index (κ3) is 3.08. The number of aromatic nitrogens is 2. The van der Waals surface area contributed by atoms with Crippen LogP contribution in [-0.2, 0) is 10.0 Å². The molecule has 2 rings (SSSR count). The van der Waals surface area contributed by atoms with Gasteiger partial charge in [0.1, 0.15) is 5.00 Å². The van der Waals surface area contributed by atoms with Crippen molar-refractivity contribution in [1.29, 1.82) is 0 Å². The molecule has 0 saturated heterocycles. The zero-order chi connectivity index (χ0) is 14.0. The normalized spacial score (nSPS) is 11.2. The molecule has 0 aliphatic heterocycles. The Bertz CT molecular complexity index is 715. The highest BCUT2D eigenvalue weighted by molar-refractivity contribution is 9.10. The van der Waals surface area contributed by atoms with Gasteiger partial charge in [0.25, 0.3) is 10.0 Å². The highest BCUT2D eigenvalue weighted by Gasteiger charge is 2.19. The lowest BCUT2D eigenvalue weighted by Gasteiger charge is -2.07. The van der Waals surface area contributed by atoms with E-state index in [1.54, 1.807) is 0 Å². The second kappa shape index (κ2) is 5.23. The van der Waals surface area contributed by atoms with E-state index < -0.39 is 16.0 Å². The van der Waals surface area contributed by atoms with Gasteiger partial charge in [0, 0.05) is 16.0 Å². The van der Waals surface area contributed by atoms with Gasteiger partial charge in [0.05, 0.1) is 16.7 Å².